The molecular formula is C46H84O4. The maximum absolute atomic E-state index is 12.0. The molecule has 0 saturated carbocycles. The van der Waals surface area contributed by atoms with Crippen LogP contribution in [-0.2, 0) is 9.59 Å². The van der Waals surface area contributed by atoms with Gasteiger partial charge in [0.05, 0.1) is 0 Å². The Morgan fingerprint density at radius 2 is 0.620 bits per heavy atom. The second-order valence-electron chi connectivity index (χ2n) is 17.3. The van der Waals surface area contributed by atoms with E-state index in [2.05, 4.69) is 27.7 Å². The van der Waals surface area contributed by atoms with Crippen LogP contribution < -0.4 is 0 Å². The molecule has 0 unspecified atom stereocenters. The molecule has 0 fully saturated rings. The van der Waals surface area contributed by atoms with Crippen molar-refractivity contribution in [1.82, 2.24) is 0 Å². The molecule has 0 aromatic rings. The normalized spacial score (nSPS) is 17.4. The van der Waals surface area contributed by atoms with Gasteiger partial charge in [-0.1, -0.05) is 167 Å². The molecule has 2 aliphatic carbocycles. The van der Waals surface area contributed by atoms with Crippen LogP contribution in [0.3, 0.4) is 0 Å². The third kappa shape index (κ3) is 20.7. The summed E-state index contributed by atoms with van der Waals surface area (Å²) in [6.07, 6.45) is 36.9. The van der Waals surface area contributed by atoms with Gasteiger partial charge in [0.25, 0.3) is 0 Å². The lowest BCUT2D eigenvalue weighted by Gasteiger charge is -2.34. The van der Waals surface area contributed by atoms with Crippen LogP contribution in [0, 0.1) is 10.8 Å². The van der Waals surface area contributed by atoms with Crippen LogP contribution >= 0.6 is 0 Å². The minimum absolute atomic E-state index is 0.231. The Hall–Kier alpha value is -1.26. The molecule has 0 aromatic heterocycles. The zero-order valence-electron chi connectivity index (χ0n) is 34.3. The summed E-state index contributed by atoms with van der Waals surface area (Å²) in [6.45, 7) is 14.0. The molecule has 0 bridgehead atoms. The summed E-state index contributed by atoms with van der Waals surface area (Å²) in [7, 11) is 0. The summed E-state index contributed by atoms with van der Waals surface area (Å²) >= 11 is 0. The predicted octanol–water partition coefficient (Wildman–Crippen LogP) is 13.5. The monoisotopic (exact) mass is 701 g/mol. The second-order valence-corrected chi connectivity index (χ2v) is 17.3. The van der Waals surface area contributed by atoms with Gasteiger partial charge < -0.3 is 10.2 Å². The van der Waals surface area contributed by atoms with Gasteiger partial charge in [-0.2, -0.15) is 0 Å². The summed E-state index contributed by atoms with van der Waals surface area (Å²) in [5.41, 5.74) is 5.46. The summed E-state index contributed by atoms with van der Waals surface area (Å²) in [6, 6.07) is 0. The number of rotatable bonds is 28. The third-order valence-electron chi connectivity index (χ3n) is 12.0. The molecule has 0 atom stereocenters. The van der Waals surface area contributed by atoms with E-state index in [0.29, 0.717) is 24.8 Å². The van der Waals surface area contributed by atoms with Gasteiger partial charge in [-0.05, 0) is 87.2 Å². The Morgan fingerprint density at radius 3 is 0.860 bits per heavy atom. The van der Waals surface area contributed by atoms with E-state index in [4.69, 9.17) is 10.2 Å². The quantitative estimate of drug-likeness (QED) is 0.0797. The number of ketones is 2. The number of hydrogen-bond donors (Lipinski definition) is 2. The fraction of sp³-hybridized carbons (Fsp3) is 0.870. The van der Waals surface area contributed by atoms with Crippen molar-refractivity contribution in [2.75, 3.05) is 13.2 Å². The number of unbranched alkanes of at least 4 members (excludes halogenated alkanes) is 22. The van der Waals surface area contributed by atoms with Crippen LogP contribution in [0.4, 0.5) is 0 Å². The lowest BCUT2D eigenvalue weighted by Crippen LogP contribution is -2.25. The number of hydrogen-bond acceptors (Lipinski definition) is 4. The molecule has 4 nitrogen and oxygen atoms in total. The first-order valence-corrected chi connectivity index (χ1v) is 21.7. The molecule has 2 aliphatic rings. The first-order valence-electron chi connectivity index (χ1n) is 21.7. The summed E-state index contributed by atoms with van der Waals surface area (Å²) in [4.78, 5) is 23.9. The summed E-state index contributed by atoms with van der Waals surface area (Å²) in [5.74, 6) is 0.761. The van der Waals surface area contributed by atoms with Crippen molar-refractivity contribution >= 4 is 11.6 Å². The Morgan fingerprint density at radius 1 is 0.400 bits per heavy atom. The average molecular weight is 701 g/mol. The first-order chi connectivity index (χ1) is 24.0. The number of aliphatic hydroxyl groups is 2. The fourth-order valence-electron chi connectivity index (χ4n) is 8.30. The predicted molar refractivity (Wildman–Crippen MR) is 216 cm³/mol. The highest BCUT2D eigenvalue weighted by Crippen LogP contribution is 2.42. The van der Waals surface area contributed by atoms with E-state index >= 15 is 0 Å². The van der Waals surface area contributed by atoms with Gasteiger partial charge in [0.1, 0.15) is 0 Å². The Labute approximate surface area is 311 Å². The zero-order valence-corrected chi connectivity index (χ0v) is 34.3. The van der Waals surface area contributed by atoms with Gasteiger partial charge in [0.2, 0.25) is 0 Å². The number of Topliss-reactive ketones (excluding diaryl/α,β-unsaturated/α-hetero) is 2. The van der Waals surface area contributed by atoms with E-state index in [0.717, 1.165) is 62.5 Å². The number of carbonyl (C=O) groups is 2. The van der Waals surface area contributed by atoms with Gasteiger partial charge in [0.15, 0.2) is 11.6 Å². The molecule has 0 radical (unpaired) electrons. The number of allylic oxidation sites excluding steroid dienone is 4. The van der Waals surface area contributed by atoms with E-state index in [-0.39, 0.29) is 10.8 Å². The van der Waals surface area contributed by atoms with Crippen LogP contribution in [0.25, 0.3) is 0 Å². The van der Waals surface area contributed by atoms with E-state index in [1.54, 1.807) is 0 Å². The highest BCUT2D eigenvalue weighted by molar-refractivity contribution is 5.97. The van der Waals surface area contributed by atoms with Crippen molar-refractivity contribution in [3.63, 3.8) is 0 Å². The standard InChI is InChI=1S/2C23H42O2/c2*1-20-21(23(2,3)18-17-22(20)25)16-14-12-10-8-6-4-5-7-9-11-13-15-19-24/h2*24H,4-19H2,1-3H3. The van der Waals surface area contributed by atoms with Gasteiger partial charge >= 0.3 is 0 Å². The third-order valence-corrected chi connectivity index (χ3v) is 12.0. The number of aliphatic hydroxyl groups excluding tert-OH is 2. The lowest BCUT2D eigenvalue weighted by atomic mass is 9.70. The van der Waals surface area contributed by atoms with Crippen LogP contribution in [0.15, 0.2) is 22.3 Å². The van der Waals surface area contributed by atoms with Gasteiger partial charge in [-0.15, -0.1) is 0 Å². The highest BCUT2D eigenvalue weighted by atomic mass is 16.3. The van der Waals surface area contributed by atoms with Gasteiger partial charge in [-0.3, -0.25) is 9.59 Å². The molecule has 4 heteroatoms. The molecule has 292 valence electrons. The van der Waals surface area contributed by atoms with Crippen LogP contribution in [0.1, 0.15) is 234 Å². The second kappa shape index (κ2) is 28.3. The van der Waals surface area contributed by atoms with E-state index in [1.807, 2.05) is 13.8 Å². The minimum Gasteiger partial charge on any atom is -0.396 e. The van der Waals surface area contributed by atoms with E-state index in [9.17, 15) is 9.59 Å². The fourth-order valence-corrected chi connectivity index (χ4v) is 8.30. The van der Waals surface area contributed by atoms with E-state index < -0.39 is 0 Å². The van der Waals surface area contributed by atoms with Crippen molar-refractivity contribution < 1.29 is 19.8 Å². The van der Waals surface area contributed by atoms with Crippen molar-refractivity contribution in [3.8, 4) is 0 Å². The summed E-state index contributed by atoms with van der Waals surface area (Å²) < 4.78 is 0. The van der Waals surface area contributed by atoms with Crippen molar-refractivity contribution in [2.24, 2.45) is 10.8 Å². The zero-order chi connectivity index (χ0) is 37.1. The van der Waals surface area contributed by atoms with Crippen LogP contribution in [0.2, 0.25) is 0 Å². The highest BCUT2D eigenvalue weighted by Gasteiger charge is 2.32. The largest absolute Gasteiger partial charge is 0.396 e. The Kier molecular flexibility index (Phi) is 26.4. The Balaban J connectivity index is 0.000000500. The molecular weight excluding hydrogens is 617 g/mol. The molecule has 0 saturated heterocycles. The summed E-state index contributed by atoms with van der Waals surface area (Å²) in [5, 5.41) is 17.5. The molecule has 0 heterocycles. The maximum atomic E-state index is 12.0. The topological polar surface area (TPSA) is 74.6 Å². The molecule has 0 aromatic carbocycles. The lowest BCUT2D eigenvalue weighted by molar-refractivity contribution is -0.117. The van der Waals surface area contributed by atoms with E-state index in [1.165, 1.54) is 152 Å². The average Bonchev–Trinajstić information content (AvgIpc) is 3.08. The Bertz CT molecular complexity index is 891. The van der Waals surface area contributed by atoms with Gasteiger partial charge in [0, 0.05) is 26.1 Å². The first kappa shape index (κ1) is 46.8. The number of carbonyl (C=O) groups excluding carboxylic acids is 2. The van der Waals surface area contributed by atoms with Crippen molar-refractivity contribution in [1.29, 1.82) is 0 Å². The van der Waals surface area contributed by atoms with Crippen molar-refractivity contribution in [2.45, 2.75) is 234 Å². The maximum Gasteiger partial charge on any atom is 0.158 e. The van der Waals surface area contributed by atoms with Gasteiger partial charge in [-0.25, -0.2) is 0 Å². The molecule has 0 spiro atoms. The minimum atomic E-state index is 0.231. The molecule has 0 aliphatic heterocycles. The molecule has 0 amide bonds. The molecule has 2 N–H and O–H groups in total. The molecule has 50 heavy (non-hydrogen) atoms. The van der Waals surface area contributed by atoms with Crippen LogP contribution in [0.5, 0.6) is 0 Å². The van der Waals surface area contributed by atoms with Crippen LogP contribution in [-0.4, -0.2) is 35.0 Å². The SMILES string of the molecule is CC1=C(CCCCCCCCCCCCCCO)C(C)(C)CCC1=O.CC1=C(CCCCCCCCCCCCCCO)C(C)(C)CCC1=O. The smallest absolute Gasteiger partial charge is 0.158 e. The van der Waals surface area contributed by atoms with Crippen molar-refractivity contribution in [3.05, 3.63) is 22.3 Å². The molecule has 2 rings (SSSR count).